The minimum atomic E-state index is -0.427. The van der Waals surface area contributed by atoms with Crippen LogP contribution in [-0.2, 0) is 0 Å². The van der Waals surface area contributed by atoms with Gasteiger partial charge < -0.3 is 4.42 Å². The van der Waals surface area contributed by atoms with Crippen LogP contribution in [0.3, 0.4) is 0 Å². The molecule has 1 aromatic carbocycles. The average molecular weight is 414 g/mol. The van der Waals surface area contributed by atoms with Gasteiger partial charge in [-0.15, -0.1) is 16.4 Å². The van der Waals surface area contributed by atoms with Crippen LogP contribution >= 0.6 is 38.9 Å². The number of hydrogen-bond donors (Lipinski definition) is 1. The minimum Gasteiger partial charge on any atom is -0.402 e. The van der Waals surface area contributed by atoms with E-state index in [-0.39, 0.29) is 6.01 Å². The van der Waals surface area contributed by atoms with Crippen LogP contribution < -0.4 is 5.32 Å². The third kappa shape index (κ3) is 3.44. The van der Waals surface area contributed by atoms with Gasteiger partial charge in [-0.3, -0.25) is 10.1 Å². The molecule has 9 heteroatoms. The molecule has 0 unspecified atom stereocenters. The van der Waals surface area contributed by atoms with E-state index in [0.717, 1.165) is 20.1 Å². The fourth-order valence-corrected chi connectivity index (χ4v) is 3.34. The Morgan fingerprint density at radius 3 is 2.83 bits per heavy atom. The SMILES string of the molecule is Cc1nc(C)c(-c2nnc(NC(=O)c3cc(Br)ccc3Cl)o2)s1. The Kier molecular flexibility index (Phi) is 4.47. The maximum absolute atomic E-state index is 12.3. The molecule has 23 heavy (non-hydrogen) atoms. The Morgan fingerprint density at radius 2 is 2.13 bits per heavy atom. The zero-order valence-electron chi connectivity index (χ0n) is 12.1. The van der Waals surface area contributed by atoms with Gasteiger partial charge >= 0.3 is 6.01 Å². The molecule has 0 atom stereocenters. The highest BCUT2D eigenvalue weighted by Gasteiger charge is 2.18. The van der Waals surface area contributed by atoms with Crippen LogP contribution in [-0.4, -0.2) is 21.1 Å². The Labute approximate surface area is 149 Å². The lowest BCUT2D eigenvalue weighted by atomic mass is 10.2. The van der Waals surface area contributed by atoms with Gasteiger partial charge in [0, 0.05) is 4.47 Å². The summed E-state index contributed by atoms with van der Waals surface area (Å²) in [6.07, 6.45) is 0. The molecule has 6 nitrogen and oxygen atoms in total. The highest BCUT2D eigenvalue weighted by atomic mass is 79.9. The summed E-state index contributed by atoms with van der Waals surface area (Å²) in [4.78, 5) is 17.3. The Bertz CT molecular complexity index is 893. The number of benzene rings is 1. The molecule has 1 amide bonds. The molecular weight excluding hydrogens is 404 g/mol. The molecule has 0 fully saturated rings. The van der Waals surface area contributed by atoms with E-state index < -0.39 is 5.91 Å². The quantitative estimate of drug-likeness (QED) is 0.685. The van der Waals surface area contributed by atoms with Crippen molar-refractivity contribution in [3.63, 3.8) is 0 Å². The predicted octanol–water partition coefficient (Wildman–Crippen LogP) is 4.48. The van der Waals surface area contributed by atoms with Gasteiger partial charge in [0.1, 0.15) is 4.88 Å². The first-order valence-electron chi connectivity index (χ1n) is 6.48. The van der Waals surface area contributed by atoms with Crippen molar-refractivity contribution in [3.05, 3.63) is 44.0 Å². The molecule has 0 saturated heterocycles. The van der Waals surface area contributed by atoms with Crippen LogP contribution in [0.15, 0.2) is 27.1 Å². The van der Waals surface area contributed by atoms with Gasteiger partial charge in [0.2, 0.25) is 0 Å². The number of hydrogen-bond acceptors (Lipinski definition) is 6. The summed E-state index contributed by atoms with van der Waals surface area (Å²) in [6, 6.07) is 5.00. The van der Waals surface area contributed by atoms with Crippen LogP contribution in [0.4, 0.5) is 6.01 Å². The molecule has 0 spiro atoms. The van der Waals surface area contributed by atoms with Crippen LogP contribution in [0.5, 0.6) is 0 Å². The largest absolute Gasteiger partial charge is 0.402 e. The molecule has 1 N–H and O–H groups in total. The van der Waals surface area contributed by atoms with Crippen LogP contribution in [0.2, 0.25) is 5.02 Å². The van der Waals surface area contributed by atoms with Gasteiger partial charge in [-0.05, 0) is 32.0 Å². The zero-order valence-corrected chi connectivity index (χ0v) is 15.2. The van der Waals surface area contributed by atoms with Crippen LogP contribution in [0.25, 0.3) is 10.8 Å². The Morgan fingerprint density at radius 1 is 1.35 bits per heavy atom. The lowest BCUT2D eigenvalue weighted by Crippen LogP contribution is -2.12. The molecule has 0 saturated carbocycles. The molecular formula is C14H10BrClN4O2S. The first kappa shape index (κ1) is 16.1. The summed E-state index contributed by atoms with van der Waals surface area (Å²) < 4.78 is 6.23. The highest BCUT2D eigenvalue weighted by molar-refractivity contribution is 9.10. The van der Waals surface area contributed by atoms with Gasteiger partial charge in [-0.1, -0.05) is 32.6 Å². The second-order valence-corrected chi connectivity index (χ2v) is 7.16. The number of halogens is 2. The van der Waals surface area contributed by atoms with E-state index in [9.17, 15) is 4.79 Å². The molecule has 3 rings (SSSR count). The first-order valence-corrected chi connectivity index (χ1v) is 8.47. The van der Waals surface area contributed by atoms with Gasteiger partial charge in [0.25, 0.3) is 11.8 Å². The maximum Gasteiger partial charge on any atom is 0.322 e. The van der Waals surface area contributed by atoms with E-state index in [1.54, 1.807) is 18.2 Å². The monoisotopic (exact) mass is 412 g/mol. The van der Waals surface area contributed by atoms with E-state index >= 15 is 0 Å². The molecule has 2 aromatic heterocycles. The smallest absolute Gasteiger partial charge is 0.322 e. The van der Waals surface area contributed by atoms with Gasteiger partial charge in [-0.25, -0.2) is 4.98 Å². The fraction of sp³-hybridized carbons (Fsp3) is 0.143. The van der Waals surface area contributed by atoms with Crippen molar-refractivity contribution < 1.29 is 9.21 Å². The van der Waals surface area contributed by atoms with Crippen molar-refractivity contribution in [1.29, 1.82) is 0 Å². The molecule has 0 aliphatic carbocycles. The van der Waals surface area contributed by atoms with Crippen LogP contribution in [0, 0.1) is 13.8 Å². The van der Waals surface area contributed by atoms with Crippen molar-refractivity contribution in [3.8, 4) is 10.8 Å². The predicted molar refractivity (Wildman–Crippen MR) is 92.0 cm³/mol. The van der Waals surface area contributed by atoms with Crippen molar-refractivity contribution >= 4 is 50.8 Å². The minimum absolute atomic E-state index is 0.00601. The van der Waals surface area contributed by atoms with Crippen LogP contribution in [0.1, 0.15) is 21.1 Å². The molecule has 0 radical (unpaired) electrons. The summed E-state index contributed by atoms with van der Waals surface area (Å²) in [6.45, 7) is 3.76. The van der Waals surface area contributed by atoms with Gasteiger partial charge in [0.15, 0.2) is 0 Å². The number of thiazole rings is 1. The first-order chi connectivity index (χ1) is 10.9. The van der Waals surface area contributed by atoms with Gasteiger partial charge in [-0.2, -0.15) is 0 Å². The molecule has 3 aromatic rings. The summed E-state index contributed by atoms with van der Waals surface area (Å²) >= 11 is 10.8. The molecule has 118 valence electrons. The number of rotatable bonds is 3. The van der Waals surface area contributed by atoms with Crippen molar-refractivity contribution in [2.24, 2.45) is 0 Å². The maximum atomic E-state index is 12.3. The lowest BCUT2D eigenvalue weighted by Gasteiger charge is -2.03. The molecule has 2 heterocycles. The number of nitrogens with one attached hydrogen (secondary N) is 1. The van der Waals surface area contributed by atoms with Crippen molar-refractivity contribution in [2.45, 2.75) is 13.8 Å². The average Bonchev–Trinajstić information content (AvgIpc) is 3.07. The van der Waals surface area contributed by atoms with Crippen molar-refractivity contribution in [1.82, 2.24) is 15.2 Å². The zero-order chi connectivity index (χ0) is 16.6. The summed E-state index contributed by atoms with van der Waals surface area (Å²) in [5.74, 6) is -0.104. The fourth-order valence-electron chi connectivity index (χ4n) is 1.93. The number of carbonyl (C=O) groups excluding carboxylic acids is 1. The summed E-state index contributed by atoms with van der Waals surface area (Å²) in [7, 11) is 0. The molecule has 0 aliphatic rings. The number of aryl methyl sites for hydroxylation is 2. The third-order valence-corrected chi connectivity index (χ3v) is 4.80. The van der Waals surface area contributed by atoms with E-state index in [2.05, 4.69) is 36.4 Å². The van der Waals surface area contributed by atoms with Crippen molar-refractivity contribution in [2.75, 3.05) is 5.32 Å². The van der Waals surface area contributed by atoms with Gasteiger partial charge in [0.05, 0.1) is 21.3 Å². The Balaban J connectivity index is 1.83. The number of amides is 1. The third-order valence-electron chi connectivity index (χ3n) is 2.92. The molecule has 0 aliphatic heterocycles. The van der Waals surface area contributed by atoms with E-state index in [1.165, 1.54) is 11.3 Å². The normalized spacial score (nSPS) is 10.8. The molecule has 0 bridgehead atoms. The van der Waals surface area contributed by atoms with E-state index in [0.29, 0.717) is 16.5 Å². The second-order valence-electron chi connectivity index (χ2n) is 4.64. The lowest BCUT2D eigenvalue weighted by molar-refractivity contribution is 0.102. The van der Waals surface area contributed by atoms with E-state index in [1.807, 2.05) is 13.8 Å². The second kappa shape index (κ2) is 6.38. The topological polar surface area (TPSA) is 80.9 Å². The van der Waals surface area contributed by atoms with E-state index in [4.69, 9.17) is 16.0 Å². The number of aromatic nitrogens is 3. The standard InChI is InChI=1S/C14H10BrClN4O2S/c1-6-11(23-7(2)17-6)13-19-20-14(22-13)18-12(21)9-5-8(15)3-4-10(9)16/h3-5H,1-2H3,(H,18,20,21). The number of carbonyl (C=O) groups is 1. The summed E-state index contributed by atoms with van der Waals surface area (Å²) in [5, 5.41) is 11.6. The number of nitrogens with zero attached hydrogens (tertiary/aromatic N) is 3. The number of anilines is 1. The Hall–Kier alpha value is -1.77. The summed E-state index contributed by atoms with van der Waals surface area (Å²) in [5.41, 5.74) is 1.12. The highest BCUT2D eigenvalue weighted by Crippen LogP contribution is 2.29.